The average Bonchev–Trinajstić information content (AvgIpc) is 2.43. The van der Waals surface area contributed by atoms with Gasteiger partial charge in [0.05, 0.1) is 11.0 Å². The number of halogens is 1. The number of hydrogen-bond acceptors (Lipinski definition) is 1. The molecule has 0 bridgehead atoms. The zero-order chi connectivity index (χ0) is 8.55. The van der Waals surface area contributed by atoms with Gasteiger partial charge in [-0.05, 0) is 17.7 Å². The lowest BCUT2D eigenvalue weighted by molar-refractivity contribution is 0.485. The lowest BCUT2D eigenvalue weighted by Gasteiger charge is -1.92. The summed E-state index contributed by atoms with van der Waals surface area (Å²) in [4.78, 5) is 15.9. The van der Waals surface area contributed by atoms with E-state index in [1.54, 1.807) is 18.2 Å². The molecule has 1 aromatic carbocycles. The number of rotatable bonds is 1. The molecule has 0 radical (unpaired) electrons. The number of H-pyrrole nitrogens is 2. The first-order chi connectivity index (χ1) is 5.79. The molecule has 3 nitrogen and oxygen atoms in total. The molecule has 1 aromatic heterocycles. The Labute approximate surface area is 67.2 Å². The molecule has 0 fully saturated rings. The number of fused-ring (bicyclic) bond motifs is 1. The Balaban J connectivity index is 2.74. The van der Waals surface area contributed by atoms with E-state index in [0.29, 0.717) is 16.6 Å². The van der Waals surface area contributed by atoms with Crippen LogP contribution in [0.2, 0.25) is 0 Å². The van der Waals surface area contributed by atoms with Gasteiger partial charge in [-0.25, -0.2) is 9.18 Å². The van der Waals surface area contributed by atoms with Gasteiger partial charge in [0.25, 0.3) is 0 Å². The molecule has 2 rings (SSSR count). The Hall–Kier alpha value is -1.58. The molecule has 0 amide bonds. The highest BCUT2D eigenvalue weighted by atomic mass is 19.1. The van der Waals surface area contributed by atoms with Gasteiger partial charge in [0.1, 0.15) is 6.67 Å². The number of aromatic amines is 2. The van der Waals surface area contributed by atoms with Gasteiger partial charge in [-0.15, -0.1) is 0 Å². The first kappa shape index (κ1) is 7.09. The SMILES string of the molecule is O=c1[nH]c2ccc(CF)cc2[nH]1. The fourth-order valence-corrected chi connectivity index (χ4v) is 1.16. The van der Waals surface area contributed by atoms with Crippen LogP contribution >= 0.6 is 0 Å². The largest absolute Gasteiger partial charge is 0.323 e. The Bertz CT molecular complexity index is 457. The van der Waals surface area contributed by atoms with E-state index < -0.39 is 6.67 Å². The highest BCUT2D eigenvalue weighted by molar-refractivity contribution is 5.74. The lowest BCUT2D eigenvalue weighted by atomic mass is 10.2. The minimum atomic E-state index is -0.511. The van der Waals surface area contributed by atoms with Crippen molar-refractivity contribution < 1.29 is 4.39 Å². The van der Waals surface area contributed by atoms with Crippen LogP contribution in [0.3, 0.4) is 0 Å². The van der Waals surface area contributed by atoms with Crippen molar-refractivity contribution in [3.63, 3.8) is 0 Å². The topological polar surface area (TPSA) is 48.6 Å². The summed E-state index contributed by atoms with van der Waals surface area (Å²) < 4.78 is 12.2. The van der Waals surface area contributed by atoms with Gasteiger partial charge in [0, 0.05) is 0 Å². The van der Waals surface area contributed by atoms with Gasteiger partial charge in [-0.3, -0.25) is 0 Å². The van der Waals surface area contributed by atoms with E-state index in [1.165, 1.54) is 0 Å². The predicted molar refractivity (Wildman–Crippen MR) is 43.7 cm³/mol. The zero-order valence-electron chi connectivity index (χ0n) is 6.23. The zero-order valence-corrected chi connectivity index (χ0v) is 6.23. The van der Waals surface area contributed by atoms with Crippen LogP contribution in [0.15, 0.2) is 23.0 Å². The maximum absolute atomic E-state index is 12.2. The van der Waals surface area contributed by atoms with Crippen LogP contribution in [0, 0.1) is 0 Å². The van der Waals surface area contributed by atoms with E-state index in [0.717, 1.165) is 0 Å². The van der Waals surface area contributed by atoms with Crippen molar-refractivity contribution in [1.82, 2.24) is 9.97 Å². The summed E-state index contributed by atoms with van der Waals surface area (Å²) >= 11 is 0. The van der Waals surface area contributed by atoms with Crippen molar-refractivity contribution >= 4 is 11.0 Å². The summed E-state index contributed by atoms with van der Waals surface area (Å²) in [6, 6.07) is 4.95. The molecule has 0 atom stereocenters. The summed E-state index contributed by atoms with van der Waals surface area (Å²) in [5.74, 6) is 0. The standard InChI is InChI=1S/C8H7FN2O/c9-4-5-1-2-6-7(3-5)11-8(12)10-6/h1-3H,4H2,(H2,10,11,12). The van der Waals surface area contributed by atoms with Gasteiger partial charge in [-0.1, -0.05) is 6.07 Å². The monoisotopic (exact) mass is 166 g/mol. The number of hydrogen-bond donors (Lipinski definition) is 2. The summed E-state index contributed by atoms with van der Waals surface area (Å²) in [6.45, 7) is -0.511. The van der Waals surface area contributed by atoms with E-state index in [-0.39, 0.29) is 5.69 Å². The smallest absolute Gasteiger partial charge is 0.306 e. The fourth-order valence-electron chi connectivity index (χ4n) is 1.16. The predicted octanol–water partition coefficient (Wildman–Crippen LogP) is 1.33. The molecule has 0 aliphatic carbocycles. The van der Waals surface area contributed by atoms with Crippen molar-refractivity contribution in [3.05, 3.63) is 34.2 Å². The molecule has 1 heterocycles. The van der Waals surface area contributed by atoms with Gasteiger partial charge < -0.3 is 9.97 Å². The molecule has 0 unspecified atom stereocenters. The normalized spacial score (nSPS) is 10.8. The number of aromatic nitrogens is 2. The third-order valence-corrected chi connectivity index (χ3v) is 1.73. The van der Waals surface area contributed by atoms with Crippen LogP contribution in [-0.2, 0) is 6.67 Å². The third-order valence-electron chi connectivity index (χ3n) is 1.73. The lowest BCUT2D eigenvalue weighted by Crippen LogP contribution is -1.99. The highest BCUT2D eigenvalue weighted by Gasteiger charge is 1.98. The van der Waals surface area contributed by atoms with Crippen LogP contribution in [0.4, 0.5) is 4.39 Å². The van der Waals surface area contributed by atoms with Crippen LogP contribution in [0.5, 0.6) is 0 Å². The average molecular weight is 166 g/mol. The second-order valence-corrected chi connectivity index (χ2v) is 2.59. The maximum Gasteiger partial charge on any atom is 0.323 e. The molecular formula is C8H7FN2O. The van der Waals surface area contributed by atoms with E-state index in [1.807, 2.05) is 0 Å². The van der Waals surface area contributed by atoms with Crippen LogP contribution in [-0.4, -0.2) is 9.97 Å². The second-order valence-electron chi connectivity index (χ2n) is 2.59. The Morgan fingerprint density at radius 1 is 1.25 bits per heavy atom. The Morgan fingerprint density at radius 2 is 2.00 bits per heavy atom. The molecule has 0 saturated heterocycles. The van der Waals surface area contributed by atoms with Crippen molar-refractivity contribution in [2.24, 2.45) is 0 Å². The molecule has 2 aromatic rings. The van der Waals surface area contributed by atoms with Gasteiger partial charge in [-0.2, -0.15) is 0 Å². The quantitative estimate of drug-likeness (QED) is 0.659. The third kappa shape index (κ3) is 1.01. The number of imidazole rings is 1. The van der Waals surface area contributed by atoms with Crippen LogP contribution in [0.1, 0.15) is 5.56 Å². The van der Waals surface area contributed by atoms with Crippen molar-refractivity contribution in [1.29, 1.82) is 0 Å². The van der Waals surface area contributed by atoms with Crippen molar-refractivity contribution in [2.75, 3.05) is 0 Å². The van der Waals surface area contributed by atoms with Crippen molar-refractivity contribution in [2.45, 2.75) is 6.67 Å². The van der Waals surface area contributed by atoms with Crippen LogP contribution < -0.4 is 5.69 Å². The number of benzene rings is 1. The maximum atomic E-state index is 12.2. The highest BCUT2D eigenvalue weighted by Crippen LogP contribution is 2.10. The molecule has 2 N–H and O–H groups in total. The minimum Gasteiger partial charge on any atom is -0.306 e. The molecule has 62 valence electrons. The van der Waals surface area contributed by atoms with E-state index in [4.69, 9.17) is 0 Å². The first-order valence-electron chi connectivity index (χ1n) is 3.56. The van der Waals surface area contributed by atoms with Gasteiger partial charge >= 0.3 is 5.69 Å². The summed E-state index contributed by atoms with van der Waals surface area (Å²) in [5.41, 5.74) is 1.66. The molecule has 0 saturated carbocycles. The summed E-state index contributed by atoms with van der Waals surface area (Å²) in [5, 5.41) is 0. The Morgan fingerprint density at radius 3 is 2.75 bits per heavy atom. The van der Waals surface area contributed by atoms with Crippen molar-refractivity contribution in [3.8, 4) is 0 Å². The molecular weight excluding hydrogens is 159 g/mol. The van der Waals surface area contributed by atoms with E-state index in [9.17, 15) is 9.18 Å². The molecule has 0 aliphatic rings. The molecule has 12 heavy (non-hydrogen) atoms. The van der Waals surface area contributed by atoms with E-state index in [2.05, 4.69) is 9.97 Å². The Kier molecular flexibility index (Phi) is 1.46. The second kappa shape index (κ2) is 2.48. The van der Waals surface area contributed by atoms with E-state index >= 15 is 0 Å². The minimum absolute atomic E-state index is 0.263. The summed E-state index contributed by atoms with van der Waals surface area (Å²) in [7, 11) is 0. The number of alkyl halides is 1. The molecule has 0 spiro atoms. The summed E-state index contributed by atoms with van der Waals surface area (Å²) in [6.07, 6.45) is 0. The number of nitrogens with one attached hydrogen (secondary N) is 2. The molecule has 4 heteroatoms. The van der Waals surface area contributed by atoms with Gasteiger partial charge in [0.15, 0.2) is 0 Å². The fraction of sp³-hybridized carbons (Fsp3) is 0.125. The molecule has 0 aliphatic heterocycles. The first-order valence-corrected chi connectivity index (χ1v) is 3.56. The van der Waals surface area contributed by atoms with Crippen LogP contribution in [0.25, 0.3) is 11.0 Å². The van der Waals surface area contributed by atoms with Gasteiger partial charge in [0.2, 0.25) is 0 Å².